The summed E-state index contributed by atoms with van der Waals surface area (Å²) in [6.07, 6.45) is 0.0150. The minimum absolute atomic E-state index is 0.346. The third kappa shape index (κ3) is 3.84. The molecule has 0 aliphatic heterocycles. The lowest BCUT2D eigenvalue weighted by molar-refractivity contribution is -0.137. The second-order valence-corrected chi connectivity index (χ2v) is 7.91. The number of rotatable bonds is 5. The Morgan fingerprint density at radius 1 is 1.16 bits per heavy atom. The molecule has 6 nitrogen and oxygen atoms in total. The molecule has 0 atom stereocenters. The van der Waals surface area contributed by atoms with E-state index in [1.807, 2.05) is 0 Å². The predicted molar refractivity (Wildman–Crippen MR) is 115 cm³/mol. The van der Waals surface area contributed by atoms with Gasteiger partial charge in [0.2, 0.25) is 5.95 Å². The van der Waals surface area contributed by atoms with Gasteiger partial charge in [-0.15, -0.1) is 0 Å². The van der Waals surface area contributed by atoms with E-state index >= 15 is 0 Å². The molecule has 1 aromatic carbocycles. The molecule has 1 saturated carbocycles. The van der Waals surface area contributed by atoms with Crippen molar-refractivity contribution < 1.29 is 17.9 Å². The van der Waals surface area contributed by atoms with Gasteiger partial charge in [-0.2, -0.15) is 18.3 Å². The summed E-state index contributed by atoms with van der Waals surface area (Å²) in [5.74, 6) is 1.11. The fourth-order valence-electron chi connectivity index (χ4n) is 3.46. The highest BCUT2D eigenvalue weighted by Crippen LogP contribution is 2.40. The van der Waals surface area contributed by atoms with Crippen LogP contribution in [0.25, 0.3) is 28.0 Å². The summed E-state index contributed by atoms with van der Waals surface area (Å²) >= 11 is 6.03. The number of alkyl halides is 3. The summed E-state index contributed by atoms with van der Waals surface area (Å²) in [4.78, 5) is 8.86. The lowest BCUT2D eigenvalue weighted by Gasteiger charge is -2.10. The van der Waals surface area contributed by atoms with Gasteiger partial charge in [-0.05, 0) is 49.2 Å². The molecule has 1 fully saturated rings. The largest absolute Gasteiger partial charge is 0.497 e. The van der Waals surface area contributed by atoms with Crippen LogP contribution in [0.2, 0.25) is 5.02 Å². The number of hydrogen-bond donors (Lipinski definition) is 1. The van der Waals surface area contributed by atoms with Gasteiger partial charge in [0.15, 0.2) is 0 Å². The molecular weight excluding hydrogens is 443 g/mol. The quantitative estimate of drug-likeness (QED) is 0.414. The SMILES string of the molecule is COc1ccc(-c2nn3cc(C(F)(F)F)c(Cl)cc3c2-c2ccnc(NC3CC3)n2)cc1. The number of nitrogens with one attached hydrogen (secondary N) is 1. The highest BCUT2D eigenvalue weighted by molar-refractivity contribution is 6.32. The predicted octanol–water partition coefficient (Wildman–Crippen LogP) is 5.71. The average Bonchev–Trinajstić information content (AvgIpc) is 3.50. The summed E-state index contributed by atoms with van der Waals surface area (Å²) in [6.45, 7) is 0. The zero-order chi connectivity index (χ0) is 22.5. The van der Waals surface area contributed by atoms with E-state index in [1.54, 1.807) is 43.6 Å². The molecular formula is C22H17ClF3N5O. The zero-order valence-corrected chi connectivity index (χ0v) is 17.6. The standard InChI is InChI=1S/C22H17ClF3N5O/c1-32-14-6-2-12(3-7-14)20-19(17-8-9-27-21(29-17)28-13-4-5-13)18-10-16(23)15(22(24,25)26)11-31(18)30-20/h2-3,6-11,13H,4-5H2,1H3,(H,27,28,29). The van der Waals surface area contributed by atoms with E-state index in [0.717, 1.165) is 19.0 Å². The molecule has 10 heteroatoms. The normalized spacial score (nSPS) is 14.0. The van der Waals surface area contributed by atoms with Gasteiger partial charge >= 0.3 is 6.18 Å². The smallest absolute Gasteiger partial charge is 0.419 e. The molecule has 5 rings (SSSR count). The maximum absolute atomic E-state index is 13.4. The van der Waals surface area contributed by atoms with Crippen molar-refractivity contribution in [3.05, 3.63) is 59.4 Å². The molecule has 1 N–H and O–H groups in total. The Balaban J connectivity index is 1.73. The van der Waals surface area contributed by atoms with Gasteiger partial charge in [0.25, 0.3) is 0 Å². The average molecular weight is 460 g/mol. The van der Waals surface area contributed by atoms with Crippen LogP contribution in [0.1, 0.15) is 18.4 Å². The van der Waals surface area contributed by atoms with Crippen molar-refractivity contribution in [1.29, 1.82) is 0 Å². The van der Waals surface area contributed by atoms with E-state index in [1.165, 1.54) is 10.6 Å². The van der Waals surface area contributed by atoms with Crippen molar-refractivity contribution in [2.45, 2.75) is 25.1 Å². The monoisotopic (exact) mass is 459 g/mol. The molecule has 0 amide bonds. The molecule has 0 unspecified atom stereocenters. The first-order valence-corrected chi connectivity index (χ1v) is 10.2. The molecule has 0 spiro atoms. The van der Waals surface area contributed by atoms with Crippen LogP contribution in [0.3, 0.4) is 0 Å². The molecule has 0 radical (unpaired) electrons. The fourth-order valence-corrected chi connectivity index (χ4v) is 3.72. The Hall–Kier alpha value is -3.33. The molecule has 32 heavy (non-hydrogen) atoms. The van der Waals surface area contributed by atoms with Crippen molar-refractivity contribution in [3.63, 3.8) is 0 Å². The number of halogens is 4. The Morgan fingerprint density at radius 3 is 2.56 bits per heavy atom. The first-order chi connectivity index (χ1) is 15.3. The Morgan fingerprint density at radius 2 is 1.91 bits per heavy atom. The van der Waals surface area contributed by atoms with Crippen LogP contribution in [-0.2, 0) is 6.18 Å². The van der Waals surface area contributed by atoms with Crippen LogP contribution in [0.15, 0.2) is 48.8 Å². The number of benzene rings is 1. The van der Waals surface area contributed by atoms with Crippen LogP contribution in [-0.4, -0.2) is 32.7 Å². The number of hydrogen-bond acceptors (Lipinski definition) is 5. The van der Waals surface area contributed by atoms with E-state index in [2.05, 4.69) is 20.4 Å². The highest BCUT2D eigenvalue weighted by Gasteiger charge is 2.35. The lowest BCUT2D eigenvalue weighted by Crippen LogP contribution is -2.08. The van der Waals surface area contributed by atoms with E-state index in [-0.39, 0.29) is 0 Å². The van der Waals surface area contributed by atoms with Crippen molar-refractivity contribution in [3.8, 4) is 28.3 Å². The van der Waals surface area contributed by atoms with Gasteiger partial charge in [-0.3, -0.25) is 0 Å². The number of nitrogens with zero attached hydrogens (tertiary/aromatic N) is 4. The molecule has 1 aliphatic rings. The molecule has 3 aromatic heterocycles. The molecule has 4 aromatic rings. The van der Waals surface area contributed by atoms with E-state index in [9.17, 15) is 13.2 Å². The summed E-state index contributed by atoms with van der Waals surface area (Å²) in [5.41, 5.74) is 1.71. The maximum atomic E-state index is 13.4. The third-order valence-electron chi connectivity index (χ3n) is 5.21. The highest BCUT2D eigenvalue weighted by atomic mass is 35.5. The van der Waals surface area contributed by atoms with Crippen LogP contribution in [0.4, 0.5) is 19.1 Å². The summed E-state index contributed by atoms with van der Waals surface area (Å²) < 4.78 is 46.7. The zero-order valence-electron chi connectivity index (χ0n) is 16.8. The van der Waals surface area contributed by atoms with Crippen molar-refractivity contribution in [2.75, 3.05) is 12.4 Å². The molecule has 0 bridgehead atoms. The van der Waals surface area contributed by atoms with Gasteiger partial charge in [0, 0.05) is 24.0 Å². The van der Waals surface area contributed by atoms with Crippen LogP contribution in [0.5, 0.6) is 5.75 Å². The Bertz CT molecular complexity index is 1300. The lowest BCUT2D eigenvalue weighted by atomic mass is 10.0. The van der Waals surface area contributed by atoms with Gasteiger partial charge in [-0.25, -0.2) is 14.5 Å². The first-order valence-electron chi connectivity index (χ1n) is 9.87. The van der Waals surface area contributed by atoms with Crippen molar-refractivity contribution in [1.82, 2.24) is 19.6 Å². The summed E-state index contributed by atoms with van der Waals surface area (Å²) in [6, 6.07) is 10.4. The Labute approximate surface area is 186 Å². The Kier molecular flexibility index (Phi) is 4.93. The summed E-state index contributed by atoms with van der Waals surface area (Å²) in [7, 11) is 1.56. The summed E-state index contributed by atoms with van der Waals surface area (Å²) in [5, 5.41) is 7.30. The minimum atomic E-state index is -4.60. The minimum Gasteiger partial charge on any atom is -0.497 e. The van der Waals surface area contributed by atoms with E-state index in [0.29, 0.717) is 45.8 Å². The van der Waals surface area contributed by atoms with Crippen LogP contribution >= 0.6 is 11.6 Å². The number of fused-ring (bicyclic) bond motifs is 1. The van der Waals surface area contributed by atoms with Crippen LogP contribution in [0, 0.1) is 0 Å². The van der Waals surface area contributed by atoms with Crippen LogP contribution < -0.4 is 10.1 Å². The molecule has 164 valence electrons. The number of methoxy groups -OCH3 is 1. The number of ether oxygens (including phenoxy) is 1. The van der Waals surface area contributed by atoms with Gasteiger partial charge in [0.1, 0.15) is 11.4 Å². The number of pyridine rings is 1. The second kappa shape index (κ2) is 7.67. The maximum Gasteiger partial charge on any atom is 0.419 e. The molecule has 0 saturated heterocycles. The van der Waals surface area contributed by atoms with E-state index < -0.39 is 16.8 Å². The van der Waals surface area contributed by atoms with Gasteiger partial charge in [-0.1, -0.05) is 11.6 Å². The molecule has 3 heterocycles. The van der Waals surface area contributed by atoms with E-state index in [4.69, 9.17) is 16.3 Å². The van der Waals surface area contributed by atoms with Gasteiger partial charge < -0.3 is 10.1 Å². The topological polar surface area (TPSA) is 64.3 Å². The van der Waals surface area contributed by atoms with Gasteiger partial charge in [0.05, 0.1) is 34.5 Å². The number of anilines is 1. The molecule has 1 aliphatic carbocycles. The third-order valence-corrected chi connectivity index (χ3v) is 5.52. The van der Waals surface area contributed by atoms with Crippen molar-refractivity contribution >= 4 is 23.1 Å². The first kappa shape index (κ1) is 20.6. The number of aromatic nitrogens is 4. The second-order valence-electron chi connectivity index (χ2n) is 7.50. The fraction of sp³-hybridized carbons (Fsp3) is 0.227. The van der Waals surface area contributed by atoms with Crippen molar-refractivity contribution in [2.24, 2.45) is 0 Å².